The van der Waals surface area contributed by atoms with Crippen molar-refractivity contribution in [3.05, 3.63) is 18.2 Å². The largest absolute Gasteiger partial charge is 0.497 e. The lowest BCUT2D eigenvalue weighted by atomic mass is 9.85. The van der Waals surface area contributed by atoms with Gasteiger partial charge in [-0.25, -0.2) is 0 Å². The van der Waals surface area contributed by atoms with Crippen molar-refractivity contribution < 1.29 is 19.1 Å². The van der Waals surface area contributed by atoms with Crippen LogP contribution in [0.2, 0.25) is 0 Å². The van der Waals surface area contributed by atoms with Crippen molar-refractivity contribution in [2.24, 2.45) is 5.92 Å². The van der Waals surface area contributed by atoms with Crippen LogP contribution in [0.15, 0.2) is 18.2 Å². The standard InChI is InChI=1S/C15H20N2O4/c1-20-11-6-7-13(21-2)12(8-11)17-14(18)9-16-15(19)10-4-3-5-10/h6-8,10H,3-5,9H2,1-2H3,(H,16,19)(H,17,18). The molecule has 0 unspecified atom stereocenters. The Morgan fingerprint density at radius 2 is 2.00 bits per heavy atom. The topological polar surface area (TPSA) is 76.7 Å². The molecule has 1 fully saturated rings. The summed E-state index contributed by atoms with van der Waals surface area (Å²) >= 11 is 0. The Kier molecular flexibility index (Phi) is 5.03. The molecule has 1 aliphatic rings. The van der Waals surface area contributed by atoms with Gasteiger partial charge in [-0.15, -0.1) is 0 Å². The van der Waals surface area contributed by atoms with Crippen LogP contribution in [0.4, 0.5) is 5.69 Å². The van der Waals surface area contributed by atoms with Gasteiger partial charge in [0.1, 0.15) is 11.5 Å². The lowest BCUT2D eigenvalue weighted by molar-refractivity contribution is -0.129. The van der Waals surface area contributed by atoms with Crippen molar-refractivity contribution in [3.63, 3.8) is 0 Å². The van der Waals surface area contributed by atoms with Crippen molar-refractivity contribution >= 4 is 17.5 Å². The maximum absolute atomic E-state index is 11.9. The van der Waals surface area contributed by atoms with Gasteiger partial charge in [-0.1, -0.05) is 6.42 Å². The maximum Gasteiger partial charge on any atom is 0.243 e. The zero-order valence-electron chi connectivity index (χ0n) is 12.3. The van der Waals surface area contributed by atoms with Crippen molar-refractivity contribution in [2.45, 2.75) is 19.3 Å². The van der Waals surface area contributed by atoms with E-state index in [-0.39, 0.29) is 24.3 Å². The molecular formula is C15H20N2O4. The van der Waals surface area contributed by atoms with Crippen LogP contribution in [0.5, 0.6) is 11.5 Å². The molecular weight excluding hydrogens is 272 g/mol. The summed E-state index contributed by atoms with van der Waals surface area (Å²) < 4.78 is 10.3. The third kappa shape index (κ3) is 3.87. The number of carbonyl (C=O) groups excluding carboxylic acids is 2. The van der Waals surface area contributed by atoms with Gasteiger partial charge in [0.05, 0.1) is 26.5 Å². The number of methoxy groups -OCH3 is 2. The van der Waals surface area contributed by atoms with Crippen LogP contribution in [0.25, 0.3) is 0 Å². The molecule has 0 heterocycles. The van der Waals surface area contributed by atoms with Crippen LogP contribution in [0.1, 0.15) is 19.3 Å². The molecule has 2 N–H and O–H groups in total. The number of ether oxygens (including phenoxy) is 2. The molecule has 2 amide bonds. The summed E-state index contributed by atoms with van der Waals surface area (Å²) in [6.07, 6.45) is 2.92. The molecule has 6 nitrogen and oxygen atoms in total. The first-order valence-corrected chi connectivity index (χ1v) is 6.93. The molecule has 0 spiro atoms. The van der Waals surface area contributed by atoms with Crippen LogP contribution in [0, 0.1) is 5.92 Å². The number of anilines is 1. The molecule has 1 saturated carbocycles. The molecule has 2 rings (SSSR count). The number of hydrogen-bond acceptors (Lipinski definition) is 4. The number of carbonyl (C=O) groups is 2. The smallest absolute Gasteiger partial charge is 0.243 e. The maximum atomic E-state index is 11.9. The van der Waals surface area contributed by atoms with Gasteiger partial charge < -0.3 is 20.1 Å². The first-order chi connectivity index (χ1) is 10.1. The zero-order valence-corrected chi connectivity index (χ0v) is 12.3. The first kappa shape index (κ1) is 15.2. The van der Waals surface area contributed by atoms with Gasteiger partial charge in [-0.2, -0.15) is 0 Å². The summed E-state index contributed by atoms with van der Waals surface area (Å²) in [4.78, 5) is 23.6. The second-order valence-corrected chi connectivity index (χ2v) is 4.96. The number of amides is 2. The molecule has 0 saturated heterocycles. The van der Waals surface area contributed by atoms with E-state index in [9.17, 15) is 9.59 Å². The molecule has 1 aromatic carbocycles. The highest BCUT2D eigenvalue weighted by atomic mass is 16.5. The molecule has 0 atom stereocenters. The Balaban J connectivity index is 1.90. The molecule has 1 aliphatic carbocycles. The van der Waals surface area contributed by atoms with E-state index in [2.05, 4.69) is 10.6 Å². The molecule has 0 aromatic heterocycles. The van der Waals surface area contributed by atoms with Crippen LogP contribution < -0.4 is 20.1 Å². The molecule has 1 aromatic rings. The number of hydrogen-bond donors (Lipinski definition) is 2. The minimum Gasteiger partial charge on any atom is -0.497 e. The SMILES string of the molecule is COc1ccc(OC)c(NC(=O)CNC(=O)C2CCC2)c1. The normalized spacial score (nSPS) is 14.0. The van der Waals surface area contributed by atoms with E-state index in [1.165, 1.54) is 7.11 Å². The van der Waals surface area contributed by atoms with E-state index in [4.69, 9.17) is 9.47 Å². The third-order valence-electron chi connectivity index (χ3n) is 3.58. The van der Waals surface area contributed by atoms with Crippen LogP contribution in [-0.2, 0) is 9.59 Å². The average molecular weight is 292 g/mol. The summed E-state index contributed by atoms with van der Waals surface area (Å²) in [5, 5.41) is 5.36. The summed E-state index contributed by atoms with van der Waals surface area (Å²) in [5.74, 6) is 0.881. The van der Waals surface area contributed by atoms with Crippen LogP contribution in [-0.4, -0.2) is 32.6 Å². The van der Waals surface area contributed by atoms with Crippen molar-refractivity contribution in [3.8, 4) is 11.5 Å². The highest BCUT2D eigenvalue weighted by molar-refractivity contribution is 5.96. The predicted molar refractivity (Wildman–Crippen MR) is 78.5 cm³/mol. The van der Waals surface area contributed by atoms with Crippen molar-refractivity contribution in [1.29, 1.82) is 0 Å². The van der Waals surface area contributed by atoms with Crippen molar-refractivity contribution in [1.82, 2.24) is 5.32 Å². The van der Waals surface area contributed by atoms with E-state index < -0.39 is 0 Å². The molecule has 0 bridgehead atoms. The summed E-state index contributed by atoms with van der Waals surface area (Å²) in [7, 11) is 3.07. The lowest BCUT2D eigenvalue weighted by Crippen LogP contribution is -2.39. The third-order valence-corrected chi connectivity index (χ3v) is 3.58. The minimum absolute atomic E-state index is 0.0459. The monoisotopic (exact) mass is 292 g/mol. The van der Waals surface area contributed by atoms with E-state index >= 15 is 0 Å². The van der Waals surface area contributed by atoms with Gasteiger partial charge in [0.25, 0.3) is 0 Å². The number of benzene rings is 1. The average Bonchev–Trinajstić information content (AvgIpc) is 2.43. The van der Waals surface area contributed by atoms with Gasteiger partial charge in [0.15, 0.2) is 0 Å². The molecule has 114 valence electrons. The predicted octanol–water partition coefficient (Wildman–Crippen LogP) is 1.56. The fourth-order valence-electron chi connectivity index (χ4n) is 2.09. The Bertz CT molecular complexity index is 526. The van der Waals surface area contributed by atoms with Crippen LogP contribution in [0.3, 0.4) is 0 Å². The lowest BCUT2D eigenvalue weighted by Gasteiger charge is -2.23. The van der Waals surface area contributed by atoms with Crippen LogP contribution >= 0.6 is 0 Å². The Hall–Kier alpha value is -2.24. The van der Waals surface area contributed by atoms with Gasteiger partial charge in [-0.05, 0) is 25.0 Å². The molecule has 0 aliphatic heterocycles. The highest BCUT2D eigenvalue weighted by Crippen LogP contribution is 2.29. The molecule has 0 radical (unpaired) electrons. The van der Waals surface area contributed by atoms with Gasteiger partial charge in [-0.3, -0.25) is 9.59 Å². The summed E-state index contributed by atoms with van der Waals surface area (Å²) in [5.41, 5.74) is 0.514. The van der Waals surface area contributed by atoms with E-state index in [1.807, 2.05) is 0 Å². The Morgan fingerprint density at radius 3 is 2.57 bits per heavy atom. The van der Waals surface area contributed by atoms with E-state index in [0.717, 1.165) is 19.3 Å². The number of rotatable bonds is 6. The Morgan fingerprint density at radius 1 is 1.24 bits per heavy atom. The first-order valence-electron chi connectivity index (χ1n) is 6.93. The minimum atomic E-state index is -0.297. The van der Waals surface area contributed by atoms with Crippen molar-refractivity contribution in [2.75, 3.05) is 26.1 Å². The summed E-state index contributed by atoms with van der Waals surface area (Å²) in [6.45, 7) is -0.0459. The van der Waals surface area contributed by atoms with Gasteiger partial charge in [0.2, 0.25) is 11.8 Å². The fourth-order valence-corrected chi connectivity index (χ4v) is 2.09. The quantitative estimate of drug-likeness (QED) is 0.834. The fraction of sp³-hybridized carbons (Fsp3) is 0.467. The zero-order chi connectivity index (χ0) is 15.2. The second kappa shape index (κ2) is 6.97. The highest BCUT2D eigenvalue weighted by Gasteiger charge is 2.25. The van der Waals surface area contributed by atoms with Gasteiger partial charge >= 0.3 is 0 Å². The van der Waals surface area contributed by atoms with E-state index in [1.54, 1.807) is 25.3 Å². The summed E-state index contributed by atoms with van der Waals surface area (Å²) in [6, 6.07) is 5.12. The Labute approximate surface area is 123 Å². The number of nitrogens with one attached hydrogen (secondary N) is 2. The van der Waals surface area contributed by atoms with E-state index in [0.29, 0.717) is 17.2 Å². The van der Waals surface area contributed by atoms with Gasteiger partial charge in [0, 0.05) is 12.0 Å². The second-order valence-electron chi connectivity index (χ2n) is 4.96. The molecule has 21 heavy (non-hydrogen) atoms. The molecule has 6 heteroatoms.